The average Bonchev–Trinajstić information content (AvgIpc) is 2.28. The first-order chi connectivity index (χ1) is 8.55. The van der Waals surface area contributed by atoms with E-state index in [1.54, 1.807) is 6.07 Å². The van der Waals surface area contributed by atoms with Gasteiger partial charge >= 0.3 is 0 Å². The largest absolute Gasteiger partial charge is 0.317 e. The number of hydrogen-bond acceptors (Lipinski definition) is 3. The van der Waals surface area contributed by atoms with Gasteiger partial charge in [-0.1, -0.05) is 12.1 Å². The van der Waals surface area contributed by atoms with E-state index in [2.05, 4.69) is 10.0 Å². The predicted molar refractivity (Wildman–Crippen MR) is 68.1 cm³/mol. The summed E-state index contributed by atoms with van der Waals surface area (Å²) >= 11 is 0. The smallest absolute Gasteiger partial charge is 0.216 e. The Kier molecular flexibility index (Phi) is 4.31. The Morgan fingerprint density at radius 1 is 1.33 bits per heavy atom. The molecular formula is C12H17FN2O2S. The van der Waals surface area contributed by atoms with Crippen LogP contribution in [0.5, 0.6) is 0 Å². The van der Waals surface area contributed by atoms with Crippen molar-refractivity contribution in [3.05, 3.63) is 35.6 Å². The highest BCUT2D eigenvalue weighted by molar-refractivity contribution is 7.88. The number of halogens is 1. The van der Waals surface area contributed by atoms with Crippen LogP contribution in [0.25, 0.3) is 0 Å². The number of sulfonamides is 1. The summed E-state index contributed by atoms with van der Waals surface area (Å²) in [5.74, 6) is -0.584. The van der Waals surface area contributed by atoms with Crippen molar-refractivity contribution >= 4 is 10.0 Å². The Hall–Kier alpha value is -0.980. The quantitative estimate of drug-likeness (QED) is 0.859. The fourth-order valence-electron chi connectivity index (χ4n) is 2.08. The number of hydrogen-bond donors (Lipinski definition) is 2. The maximum absolute atomic E-state index is 13.0. The van der Waals surface area contributed by atoms with Crippen LogP contribution in [0.15, 0.2) is 24.3 Å². The highest BCUT2D eigenvalue weighted by atomic mass is 32.2. The van der Waals surface area contributed by atoms with Crippen LogP contribution in [-0.2, 0) is 15.8 Å². The molecule has 0 amide bonds. The van der Waals surface area contributed by atoms with E-state index in [0.29, 0.717) is 5.56 Å². The lowest BCUT2D eigenvalue weighted by Gasteiger charge is -2.23. The van der Waals surface area contributed by atoms with E-state index in [1.807, 2.05) is 0 Å². The van der Waals surface area contributed by atoms with Crippen molar-refractivity contribution in [1.82, 2.24) is 10.0 Å². The lowest BCUT2D eigenvalue weighted by atomic mass is 10.1. The third kappa shape index (κ3) is 4.04. The standard InChI is InChI=1S/C12H17FN2O2S/c13-11-3-1-2-10(8-11)9-18(16,17)15-12-4-6-14-7-5-12/h1-3,8,12,14-15H,4-7,9H2. The van der Waals surface area contributed by atoms with Gasteiger partial charge in [-0.2, -0.15) is 0 Å². The van der Waals surface area contributed by atoms with Gasteiger partial charge in [-0.15, -0.1) is 0 Å². The van der Waals surface area contributed by atoms with Gasteiger partial charge in [-0.05, 0) is 43.6 Å². The molecule has 1 fully saturated rings. The molecule has 1 aliphatic heterocycles. The van der Waals surface area contributed by atoms with Crippen LogP contribution in [0.3, 0.4) is 0 Å². The summed E-state index contributed by atoms with van der Waals surface area (Å²) in [6.45, 7) is 1.65. The van der Waals surface area contributed by atoms with Crippen LogP contribution < -0.4 is 10.0 Å². The highest BCUT2D eigenvalue weighted by Gasteiger charge is 2.20. The second-order valence-electron chi connectivity index (χ2n) is 4.53. The van der Waals surface area contributed by atoms with Crippen molar-refractivity contribution in [3.8, 4) is 0 Å². The lowest BCUT2D eigenvalue weighted by molar-refractivity contribution is 0.427. The first kappa shape index (κ1) is 13.5. The third-order valence-corrected chi connectivity index (χ3v) is 4.34. The van der Waals surface area contributed by atoms with Crippen LogP contribution in [-0.4, -0.2) is 27.5 Å². The summed E-state index contributed by atoms with van der Waals surface area (Å²) in [6.07, 6.45) is 1.59. The van der Waals surface area contributed by atoms with Gasteiger partial charge in [0.25, 0.3) is 0 Å². The fraction of sp³-hybridized carbons (Fsp3) is 0.500. The molecule has 1 aliphatic rings. The maximum atomic E-state index is 13.0. The van der Waals surface area contributed by atoms with E-state index < -0.39 is 15.8 Å². The summed E-state index contributed by atoms with van der Waals surface area (Å²) in [7, 11) is -3.40. The Morgan fingerprint density at radius 2 is 2.06 bits per heavy atom. The first-order valence-electron chi connectivity index (χ1n) is 6.00. The number of piperidine rings is 1. The SMILES string of the molecule is O=S(=O)(Cc1cccc(F)c1)NC1CCNCC1. The van der Waals surface area contributed by atoms with Gasteiger partial charge in [-0.3, -0.25) is 0 Å². The summed E-state index contributed by atoms with van der Waals surface area (Å²) in [6, 6.07) is 5.68. The Morgan fingerprint density at radius 3 is 2.72 bits per heavy atom. The minimum absolute atomic E-state index is 0.00944. The minimum atomic E-state index is -3.40. The van der Waals surface area contributed by atoms with Gasteiger partial charge in [0.15, 0.2) is 0 Å². The van der Waals surface area contributed by atoms with Crippen LogP contribution >= 0.6 is 0 Å². The molecule has 1 aromatic carbocycles. The molecule has 100 valence electrons. The summed E-state index contributed by atoms with van der Waals surface area (Å²) in [5.41, 5.74) is 0.469. The summed E-state index contributed by atoms with van der Waals surface area (Å²) in [4.78, 5) is 0. The van der Waals surface area contributed by atoms with Crippen molar-refractivity contribution in [2.75, 3.05) is 13.1 Å². The zero-order valence-corrected chi connectivity index (χ0v) is 10.8. The monoisotopic (exact) mass is 272 g/mol. The molecule has 0 aliphatic carbocycles. The van der Waals surface area contributed by atoms with E-state index in [-0.39, 0.29) is 11.8 Å². The van der Waals surface area contributed by atoms with Crippen LogP contribution in [0.2, 0.25) is 0 Å². The molecule has 0 bridgehead atoms. The summed E-state index contributed by atoms with van der Waals surface area (Å²) in [5, 5.41) is 3.17. The molecule has 4 nitrogen and oxygen atoms in total. The van der Waals surface area contributed by atoms with Gasteiger partial charge in [0.2, 0.25) is 10.0 Å². The minimum Gasteiger partial charge on any atom is -0.317 e. The molecule has 1 saturated heterocycles. The molecular weight excluding hydrogens is 255 g/mol. The lowest BCUT2D eigenvalue weighted by Crippen LogP contribution is -2.43. The van der Waals surface area contributed by atoms with Crippen LogP contribution in [0, 0.1) is 5.82 Å². The second-order valence-corrected chi connectivity index (χ2v) is 6.29. The normalized spacial score (nSPS) is 17.8. The molecule has 1 heterocycles. The van der Waals surface area contributed by atoms with Gasteiger partial charge in [0.05, 0.1) is 5.75 Å². The Bertz CT molecular complexity index is 499. The van der Waals surface area contributed by atoms with Crippen molar-refractivity contribution in [2.24, 2.45) is 0 Å². The number of benzene rings is 1. The number of rotatable bonds is 4. The molecule has 0 spiro atoms. The first-order valence-corrected chi connectivity index (χ1v) is 7.65. The molecule has 0 atom stereocenters. The molecule has 0 unspecified atom stereocenters. The van der Waals surface area contributed by atoms with Gasteiger partial charge in [0, 0.05) is 6.04 Å². The van der Waals surface area contributed by atoms with E-state index in [0.717, 1.165) is 25.9 Å². The molecule has 6 heteroatoms. The zero-order valence-electron chi connectivity index (χ0n) is 10.0. The highest BCUT2D eigenvalue weighted by Crippen LogP contribution is 2.10. The predicted octanol–water partition coefficient (Wildman–Crippen LogP) is 0.997. The molecule has 1 aromatic rings. The topological polar surface area (TPSA) is 58.2 Å². The van der Waals surface area contributed by atoms with Gasteiger partial charge in [-0.25, -0.2) is 17.5 Å². The van der Waals surface area contributed by atoms with E-state index in [1.165, 1.54) is 18.2 Å². The van der Waals surface area contributed by atoms with E-state index >= 15 is 0 Å². The van der Waals surface area contributed by atoms with Crippen LogP contribution in [0.4, 0.5) is 4.39 Å². The second kappa shape index (κ2) is 5.77. The van der Waals surface area contributed by atoms with Crippen molar-refractivity contribution in [1.29, 1.82) is 0 Å². The molecule has 2 rings (SSSR count). The molecule has 0 saturated carbocycles. The van der Waals surface area contributed by atoms with Crippen molar-refractivity contribution in [3.63, 3.8) is 0 Å². The van der Waals surface area contributed by atoms with Crippen LogP contribution in [0.1, 0.15) is 18.4 Å². The average molecular weight is 272 g/mol. The molecule has 2 N–H and O–H groups in total. The Labute approximate surface area is 107 Å². The van der Waals surface area contributed by atoms with Gasteiger partial charge < -0.3 is 5.32 Å². The fourth-order valence-corrected chi connectivity index (χ4v) is 3.53. The Balaban J connectivity index is 1.98. The van der Waals surface area contributed by atoms with Crippen molar-refractivity contribution in [2.45, 2.75) is 24.6 Å². The third-order valence-electron chi connectivity index (χ3n) is 2.93. The molecule has 0 aromatic heterocycles. The van der Waals surface area contributed by atoms with E-state index in [4.69, 9.17) is 0 Å². The maximum Gasteiger partial charge on any atom is 0.216 e. The molecule has 18 heavy (non-hydrogen) atoms. The number of nitrogens with one attached hydrogen (secondary N) is 2. The van der Waals surface area contributed by atoms with E-state index in [9.17, 15) is 12.8 Å². The molecule has 0 radical (unpaired) electrons. The van der Waals surface area contributed by atoms with Gasteiger partial charge in [0.1, 0.15) is 5.82 Å². The zero-order chi connectivity index (χ0) is 13.0. The van der Waals surface area contributed by atoms with Crippen molar-refractivity contribution < 1.29 is 12.8 Å². The summed E-state index contributed by atoms with van der Waals surface area (Å²) < 4.78 is 39.5.